The topological polar surface area (TPSA) is 49.3 Å². The molecule has 1 aromatic carbocycles. The number of rotatable bonds is 6. The average Bonchev–Trinajstić information content (AvgIpc) is 2.51. The number of alkyl halides is 3. The Morgan fingerprint density at radius 1 is 1.17 bits per heavy atom. The molecule has 1 atom stereocenters. The first-order valence-electron chi connectivity index (χ1n) is 7.95. The first-order valence-corrected chi connectivity index (χ1v) is 7.95. The summed E-state index contributed by atoms with van der Waals surface area (Å²) in [7, 11) is 0. The number of benzene rings is 1. The van der Waals surface area contributed by atoms with Crippen molar-refractivity contribution in [2.75, 3.05) is 0 Å². The lowest BCUT2D eigenvalue weighted by Crippen LogP contribution is -2.49. The van der Waals surface area contributed by atoms with E-state index in [1.54, 1.807) is 0 Å². The Hall–Kier alpha value is -1.56. The SMILES string of the molecule is O=C(O)C1CCC(NC(CCc2ccccc2)C(F)(F)F)CC1. The normalized spacial score (nSPS) is 23.4. The number of carboxylic acid groups (broad SMARTS) is 1. The van der Waals surface area contributed by atoms with E-state index in [1.807, 2.05) is 30.3 Å². The zero-order valence-electron chi connectivity index (χ0n) is 12.9. The minimum Gasteiger partial charge on any atom is -0.481 e. The molecule has 0 amide bonds. The summed E-state index contributed by atoms with van der Waals surface area (Å²) in [5, 5.41) is 11.7. The van der Waals surface area contributed by atoms with Gasteiger partial charge in [-0.3, -0.25) is 4.79 Å². The molecule has 6 heteroatoms. The molecule has 0 saturated heterocycles. The number of aliphatic carboxylic acids is 1. The minimum atomic E-state index is -4.29. The average molecular weight is 329 g/mol. The van der Waals surface area contributed by atoms with E-state index in [4.69, 9.17) is 5.11 Å². The number of halogens is 3. The number of hydrogen-bond acceptors (Lipinski definition) is 2. The molecule has 1 unspecified atom stereocenters. The van der Waals surface area contributed by atoms with Crippen LogP contribution in [0.3, 0.4) is 0 Å². The second-order valence-electron chi connectivity index (χ2n) is 6.17. The van der Waals surface area contributed by atoms with Crippen LogP contribution in [0.2, 0.25) is 0 Å². The van der Waals surface area contributed by atoms with Crippen molar-refractivity contribution in [1.29, 1.82) is 0 Å². The van der Waals surface area contributed by atoms with E-state index in [9.17, 15) is 18.0 Å². The van der Waals surface area contributed by atoms with Gasteiger partial charge in [0, 0.05) is 6.04 Å². The summed E-state index contributed by atoms with van der Waals surface area (Å²) in [4.78, 5) is 10.9. The summed E-state index contributed by atoms with van der Waals surface area (Å²) in [5.41, 5.74) is 0.887. The number of hydrogen-bond donors (Lipinski definition) is 2. The van der Waals surface area contributed by atoms with Gasteiger partial charge in [-0.25, -0.2) is 0 Å². The van der Waals surface area contributed by atoms with E-state index in [2.05, 4.69) is 5.32 Å². The first-order chi connectivity index (χ1) is 10.9. The lowest BCUT2D eigenvalue weighted by atomic mass is 9.85. The maximum absolute atomic E-state index is 13.2. The van der Waals surface area contributed by atoms with Crippen molar-refractivity contribution in [3.63, 3.8) is 0 Å². The highest BCUT2D eigenvalue weighted by molar-refractivity contribution is 5.70. The predicted octanol–water partition coefficient (Wildman–Crippen LogP) is 3.78. The van der Waals surface area contributed by atoms with Crippen molar-refractivity contribution >= 4 is 5.97 Å². The third kappa shape index (κ3) is 5.53. The van der Waals surface area contributed by atoms with Crippen LogP contribution in [0.5, 0.6) is 0 Å². The fraction of sp³-hybridized carbons (Fsp3) is 0.588. The largest absolute Gasteiger partial charge is 0.481 e. The van der Waals surface area contributed by atoms with Gasteiger partial charge in [0.2, 0.25) is 0 Å². The van der Waals surface area contributed by atoms with Crippen LogP contribution >= 0.6 is 0 Å². The quantitative estimate of drug-likeness (QED) is 0.835. The van der Waals surface area contributed by atoms with Crippen molar-refractivity contribution in [3.05, 3.63) is 35.9 Å². The number of carbonyl (C=O) groups is 1. The zero-order valence-corrected chi connectivity index (χ0v) is 12.9. The molecule has 0 aromatic heterocycles. The van der Waals surface area contributed by atoms with Crippen molar-refractivity contribution in [2.24, 2.45) is 5.92 Å². The summed E-state index contributed by atoms with van der Waals surface area (Å²) in [6.07, 6.45) is -2.09. The van der Waals surface area contributed by atoms with Crippen molar-refractivity contribution < 1.29 is 23.1 Å². The van der Waals surface area contributed by atoms with E-state index in [0.717, 1.165) is 5.56 Å². The lowest BCUT2D eigenvalue weighted by Gasteiger charge is -2.31. The van der Waals surface area contributed by atoms with Crippen LogP contribution in [-0.4, -0.2) is 29.3 Å². The highest BCUT2D eigenvalue weighted by Crippen LogP contribution is 2.29. The molecule has 1 fully saturated rings. The zero-order chi connectivity index (χ0) is 16.9. The van der Waals surface area contributed by atoms with Crippen molar-refractivity contribution in [1.82, 2.24) is 5.32 Å². The van der Waals surface area contributed by atoms with Gasteiger partial charge in [-0.15, -0.1) is 0 Å². The summed E-state index contributed by atoms with van der Waals surface area (Å²) < 4.78 is 39.7. The monoisotopic (exact) mass is 329 g/mol. The molecule has 0 radical (unpaired) electrons. The molecular weight excluding hydrogens is 307 g/mol. The van der Waals surface area contributed by atoms with Crippen LogP contribution in [0.25, 0.3) is 0 Å². The third-order valence-electron chi connectivity index (χ3n) is 4.47. The Kier molecular flexibility index (Phi) is 6.04. The second-order valence-corrected chi connectivity index (χ2v) is 6.17. The van der Waals surface area contributed by atoms with E-state index in [1.165, 1.54) is 0 Å². The molecule has 3 nitrogen and oxygen atoms in total. The molecule has 0 aliphatic heterocycles. The van der Waals surface area contributed by atoms with Crippen LogP contribution < -0.4 is 5.32 Å². The molecule has 1 saturated carbocycles. The fourth-order valence-corrected chi connectivity index (χ4v) is 3.09. The second kappa shape index (κ2) is 7.81. The maximum Gasteiger partial charge on any atom is 0.403 e. The third-order valence-corrected chi connectivity index (χ3v) is 4.47. The minimum absolute atomic E-state index is 0.00757. The molecule has 0 bridgehead atoms. The van der Waals surface area contributed by atoms with E-state index >= 15 is 0 Å². The van der Waals surface area contributed by atoms with Gasteiger partial charge in [-0.2, -0.15) is 13.2 Å². The molecule has 0 heterocycles. The Bertz CT molecular complexity index is 496. The number of aryl methyl sites for hydroxylation is 1. The van der Waals surface area contributed by atoms with E-state index in [-0.39, 0.29) is 12.5 Å². The van der Waals surface area contributed by atoms with Crippen molar-refractivity contribution in [3.8, 4) is 0 Å². The van der Waals surface area contributed by atoms with Crippen LogP contribution in [0.4, 0.5) is 13.2 Å². The lowest BCUT2D eigenvalue weighted by molar-refractivity contribution is -0.160. The Labute approximate surface area is 133 Å². The van der Waals surface area contributed by atoms with Crippen LogP contribution in [0.1, 0.15) is 37.7 Å². The van der Waals surface area contributed by atoms with E-state index in [0.29, 0.717) is 32.1 Å². The van der Waals surface area contributed by atoms with Crippen LogP contribution in [0.15, 0.2) is 30.3 Å². The van der Waals surface area contributed by atoms with Crippen LogP contribution in [0, 0.1) is 5.92 Å². The van der Waals surface area contributed by atoms with Gasteiger partial charge >= 0.3 is 12.1 Å². The number of nitrogens with one attached hydrogen (secondary N) is 1. The Morgan fingerprint density at radius 2 is 1.78 bits per heavy atom. The molecule has 1 aliphatic rings. The van der Waals surface area contributed by atoms with E-state index < -0.39 is 24.1 Å². The van der Waals surface area contributed by atoms with Gasteiger partial charge in [0.25, 0.3) is 0 Å². The molecule has 0 spiro atoms. The molecular formula is C17H22F3NO2. The molecule has 1 aliphatic carbocycles. The van der Waals surface area contributed by atoms with Gasteiger partial charge in [-0.1, -0.05) is 30.3 Å². The summed E-state index contributed by atoms with van der Waals surface area (Å²) in [5.74, 6) is -1.26. The summed E-state index contributed by atoms with van der Waals surface area (Å²) in [6.45, 7) is 0. The smallest absolute Gasteiger partial charge is 0.403 e. The molecule has 2 rings (SSSR count). The van der Waals surface area contributed by atoms with Gasteiger partial charge in [0.05, 0.1) is 5.92 Å². The van der Waals surface area contributed by atoms with Crippen LogP contribution in [-0.2, 0) is 11.2 Å². The highest BCUT2D eigenvalue weighted by atomic mass is 19.4. The summed E-state index contributed by atoms with van der Waals surface area (Å²) >= 11 is 0. The Balaban J connectivity index is 1.88. The first kappa shape index (κ1) is 17.8. The summed E-state index contributed by atoms with van der Waals surface area (Å²) in [6, 6.07) is 7.32. The standard InChI is InChI=1S/C17H22F3NO2/c18-17(19,20)15(11-6-12-4-2-1-3-5-12)21-14-9-7-13(8-10-14)16(22)23/h1-5,13-15,21H,6-11H2,(H,22,23). The Morgan fingerprint density at radius 3 is 2.30 bits per heavy atom. The molecule has 2 N–H and O–H groups in total. The van der Waals surface area contributed by atoms with Gasteiger partial charge < -0.3 is 10.4 Å². The highest BCUT2D eigenvalue weighted by Gasteiger charge is 2.40. The predicted molar refractivity (Wildman–Crippen MR) is 81.1 cm³/mol. The molecule has 1 aromatic rings. The molecule has 23 heavy (non-hydrogen) atoms. The van der Waals surface area contributed by atoms with Crippen molar-refractivity contribution in [2.45, 2.75) is 56.8 Å². The van der Waals surface area contributed by atoms with Gasteiger partial charge in [0.1, 0.15) is 6.04 Å². The fourth-order valence-electron chi connectivity index (χ4n) is 3.09. The maximum atomic E-state index is 13.2. The number of carboxylic acids is 1. The van der Waals surface area contributed by atoms with Gasteiger partial charge in [0.15, 0.2) is 0 Å². The van der Waals surface area contributed by atoms with Gasteiger partial charge in [-0.05, 0) is 44.1 Å². The molecule has 128 valence electrons.